The first kappa shape index (κ1) is 31.0. The number of nitrogens with zero attached hydrogens (tertiary/aromatic N) is 1. The number of carbonyl (C=O) groups is 1. The molecule has 4 rings (SSSR count). The van der Waals surface area contributed by atoms with E-state index in [-0.39, 0.29) is 47.3 Å². The van der Waals surface area contributed by atoms with Gasteiger partial charge in [0.1, 0.15) is 0 Å². The normalized spacial score (nSPS) is 21.9. The average Bonchev–Trinajstić information content (AvgIpc) is 3.49. The highest BCUT2D eigenvalue weighted by Crippen LogP contribution is 2.44. The summed E-state index contributed by atoms with van der Waals surface area (Å²) in [6, 6.07) is 10.6. The fraction of sp³-hybridized carbons (Fsp3) is 0.500. The van der Waals surface area contributed by atoms with Crippen LogP contribution in [0.15, 0.2) is 47.6 Å². The number of sulfone groups is 1. The fourth-order valence-electron chi connectivity index (χ4n) is 5.45. The van der Waals surface area contributed by atoms with Crippen molar-refractivity contribution >= 4 is 27.1 Å². The smallest absolute Gasteiger partial charge is 0.391 e. The summed E-state index contributed by atoms with van der Waals surface area (Å²) in [5, 5.41) is 12.3. The van der Waals surface area contributed by atoms with Gasteiger partial charge in [-0.05, 0) is 67.0 Å². The number of hydrogen-bond acceptors (Lipinski definition) is 6. The topological polar surface area (TPSA) is 86.7 Å². The molecule has 1 aliphatic carbocycles. The standard InChI is InChI=1S/C30H35F3N2O4S2/c1-4-41(38,39)24-11-7-21(8-12-24)25(14-16-36)34-29(37)26-17-22-18-35(27(19(2)3)28(22)40-26)15-13-20-5-9-23(10-6-20)30(31,32)33/h7-8,11-12,14,16-17,19-20,23,25,27,36H,4-6,9-10,18H2,1-3H3,(H,34,37)/b16-14+/t20-,23-,25-,27?/m0/s1. The SMILES string of the molecule is CCS(=O)(=O)c1ccc([C@H](/C=C/O)NC(=O)c2cc3c(s2)C(C(C)C)N(C#C[C@H]2CC[C@H](C(F)(F)F)CC2)C3)cc1. The summed E-state index contributed by atoms with van der Waals surface area (Å²) in [5.41, 5.74) is 1.62. The lowest BCUT2D eigenvalue weighted by molar-refractivity contribution is -0.183. The first-order valence-electron chi connectivity index (χ1n) is 13.8. The molecule has 0 spiro atoms. The number of thiophene rings is 1. The Hall–Kier alpha value is -2.97. The first-order chi connectivity index (χ1) is 19.3. The molecule has 1 saturated carbocycles. The van der Waals surface area contributed by atoms with E-state index in [1.54, 1.807) is 19.1 Å². The molecule has 2 heterocycles. The van der Waals surface area contributed by atoms with Gasteiger partial charge < -0.3 is 15.3 Å². The summed E-state index contributed by atoms with van der Waals surface area (Å²) in [7, 11) is -3.36. The third kappa shape index (κ3) is 7.09. The predicted molar refractivity (Wildman–Crippen MR) is 153 cm³/mol. The Labute approximate surface area is 243 Å². The van der Waals surface area contributed by atoms with Crippen LogP contribution in [-0.4, -0.2) is 36.3 Å². The molecule has 2 N–H and O–H groups in total. The third-order valence-electron chi connectivity index (χ3n) is 7.79. The van der Waals surface area contributed by atoms with Gasteiger partial charge in [0, 0.05) is 16.8 Å². The number of aliphatic hydroxyl groups excluding tert-OH is 1. The zero-order chi connectivity index (χ0) is 29.9. The van der Waals surface area contributed by atoms with Crippen LogP contribution in [0.4, 0.5) is 13.2 Å². The number of benzene rings is 1. The van der Waals surface area contributed by atoms with Crippen molar-refractivity contribution in [2.24, 2.45) is 17.8 Å². The second-order valence-electron chi connectivity index (χ2n) is 10.9. The Balaban J connectivity index is 1.45. The fourth-order valence-corrected chi connectivity index (χ4v) is 7.70. The quantitative estimate of drug-likeness (QED) is 0.263. The lowest BCUT2D eigenvalue weighted by Crippen LogP contribution is -2.27. The van der Waals surface area contributed by atoms with E-state index in [2.05, 4.69) is 31.1 Å². The molecule has 11 heteroatoms. The van der Waals surface area contributed by atoms with Gasteiger partial charge in [-0.25, -0.2) is 8.42 Å². The zero-order valence-corrected chi connectivity index (χ0v) is 24.9. The van der Waals surface area contributed by atoms with Gasteiger partial charge in [0.15, 0.2) is 9.84 Å². The van der Waals surface area contributed by atoms with Crippen LogP contribution in [0.3, 0.4) is 0 Å². The maximum atomic E-state index is 13.2. The van der Waals surface area contributed by atoms with Crippen LogP contribution in [0.1, 0.15) is 84.2 Å². The van der Waals surface area contributed by atoms with Crippen LogP contribution in [0.2, 0.25) is 0 Å². The number of fused-ring (bicyclic) bond motifs is 1. The summed E-state index contributed by atoms with van der Waals surface area (Å²) in [6.45, 7) is 6.25. The molecular weight excluding hydrogens is 573 g/mol. The van der Waals surface area contributed by atoms with Crippen LogP contribution in [0.5, 0.6) is 0 Å². The molecule has 2 aromatic rings. The second kappa shape index (κ2) is 12.5. The number of aliphatic hydroxyl groups is 1. The molecule has 6 nitrogen and oxygen atoms in total. The van der Waals surface area contributed by atoms with Crippen molar-refractivity contribution < 1.29 is 31.5 Å². The molecule has 1 aromatic carbocycles. The van der Waals surface area contributed by atoms with Crippen LogP contribution >= 0.6 is 11.3 Å². The molecule has 2 atom stereocenters. The Kier molecular flexibility index (Phi) is 9.44. The van der Waals surface area contributed by atoms with Crippen molar-refractivity contribution in [3.05, 3.63) is 63.6 Å². The summed E-state index contributed by atoms with van der Waals surface area (Å²) in [5.74, 6) is 1.81. The van der Waals surface area contributed by atoms with Crippen molar-refractivity contribution in [2.45, 2.75) is 76.2 Å². The molecule has 1 fully saturated rings. The summed E-state index contributed by atoms with van der Waals surface area (Å²) in [4.78, 5) is 17.0. The van der Waals surface area contributed by atoms with Crippen molar-refractivity contribution in [2.75, 3.05) is 5.75 Å². The number of rotatable bonds is 7. The Morgan fingerprint density at radius 2 is 1.85 bits per heavy atom. The lowest BCUT2D eigenvalue weighted by Gasteiger charge is -2.28. The molecule has 0 saturated heterocycles. The van der Waals surface area contributed by atoms with Gasteiger partial charge in [0.05, 0.1) is 46.3 Å². The van der Waals surface area contributed by atoms with Crippen LogP contribution < -0.4 is 5.32 Å². The second-order valence-corrected chi connectivity index (χ2v) is 14.3. The van der Waals surface area contributed by atoms with E-state index in [1.165, 1.54) is 29.5 Å². The number of nitrogens with one attached hydrogen (secondary N) is 1. The van der Waals surface area contributed by atoms with Gasteiger partial charge in [-0.1, -0.05) is 38.8 Å². The van der Waals surface area contributed by atoms with E-state index in [4.69, 9.17) is 0 Å². The van der Waals surface area contributed by atoms with Crippen molar-refractivity contribution in [3.63, 3.8) is 0 Å². The minimum Gasteiger partial charge on any atom is -0.516 e. The molecular formula is C30H35F3N2O4S2. The van der Waals surface area contributed by atoms with Crippen LogP contribution in [-0.2, 0) is 16.4 Å². The van der Waals surface area contributed by atoms with E-state index in [0.29, 0.717) is 29.8 Å². The van der Waals surface area contributed by atoms with Crippen LogP contribution in [0, 0.1) is 29.7 Å². The van der Waals surface area contributed by atoms with E-state index >= 15 is 0 Å². The zero-order valence-electron chi connectivity index (χ0n) is 23.2. The lowest BCUT2D eigenvalue weighted by atomic mass is 9.82. The number of alkyl halides is 3. The molecule has 1 amide bonds. The number of halogens is 3. The summed E-state index contributed by atoms with van der Waals surface area (Å²) >= 11 is 1.39. The highest BCUT2D eigenvalue weighted by atomic mass is 32.2. The number of hydrogen-bond donors (Lipinski definition) is 2. The molecule has 41 heavy (non-hydrogen) atoms. The Morgan fingerprint density at radius 1 is 1.20 bits per heavy atom. The van der Waals surface area contributed by atoms with Crippen molar-refractivity contribution in [1.82, 2.24) is 10.2 Å². The van der Waals surface area contributed by atoms with Gasteiger partial charge >= 0.3 is 6.18 Å². The van der Waals surface area contributed by atoms with Crippen molar-refractivity contribution in [1.29, 1.82) is 0 Å². The maximum absolute atomic E-state index is 13.2. The first-order valence-corrected chi connectivity index (χ1v) is 16.2. The van der Waals surface area contributed by atoms with Gasteiger partial charge in [0.2, 0.25) is 0 Å². The number of carbonyl (C=O) groups excluding carboxylic acids is 1. The summed E-state index contributed by atoms with van der Waals surface area (Å²) in [6.07, 6.45) is -0.733. The van der Waals surface area contributed by atoms with Gasteiger partial charge in [-0.15, -0.1) is 11.3 Å². The molecule has 1 aliphatic heterocycles. The van der Waals surface area contributed by atoms with E-state index in [1.807, 2.05) is 11.0 Å². The van der Waals surface area contributed by atoms with E-state index in [0.717, 1.165) is 16.7 Å². The van der Waals surface area contributed by atoms with E-state index < -0.39 is 28.0 Å². The van der Waals surface area contributed by atoms with Gasteiger partial charge in [-0.2, -0.15) is 13.2 Å². The highest BCUT2D eigenvalue weighted by Gasteiger charge is 2.41. The van der Waals surface area contributed by atoms with Gasteiger partial charge in [-0.3, -0.25) is 4.79 Å². The number of amides is 1. The van der Waals surface area contributed by atoms with Crippen LogP contribution in [0.25, 0.3) is 0 Å². The van der Waals surface area contributed by atoms with Crippen molar-refractivity contribution in [3.8, 4) is 12.0 Å². The monoisotopic (exact) mass is 608 g/mol. The summed E-state index contributed by atoms with van der Waals surface area (Å²) < 4.78 is 63.3. The Morgan fingerprint density at radius 3 is 2.41 bits per heavy atom. The minimum absolute atomic E-state index is 0.0184. The molecule has 2 aliphatic rings. The minimum atomic E-state index is -4.13. The molecule has 1 aromatic heterocycles. The third-order valence-corrected chi connectivity index (χ3v) is 10.8. The average molecular weight is 609 g/mol. The molecule has 0 bridgehead atoms. The Bertz CT molecular complexity index is 1430. The van der Waals surface area contributed by atoms with Gasteiger partial charge in [0.25, 0.3) is 5.91 Å². The maximum Gasteiger partial charge on any atom is 0.391 e. The highest BCUT2D eigenvalue weighted by molar-refractivity contribution is 7.91. The largest absolute Gasteiger partial charge is 0.516 e. The molecule has 1 unspecified atom stereocenters. The van der Waals surface area contributed by atoms with E-state index in [9.17, 15) is 31.5 Å². The molecule has 222 valence electrons. The predicted octanol–water partition coefficient (Wildman–Crippen LogP) is 6.93. The molecule has 0 radical (unpaired) electrons.